The first kappa shape index (κ1) is 19.6. The summed E-state index contributed by atoms with van der Waals surface area (Å²) in [6.07, 6.45) is 0. The molecule has 3 rings (SSSR count). The molecule has 0 saturated carbocycles. The molecular weight excluding hydrogens is 379 g/mol. The molecule has 0 radical (unpaired) electrons. The van der Waals surface area contributed by atoms with Crippen molar-refractivity contribution < 1.29 is 17.6 Å². The molecule has 5 nitrogen and oxygen atoms in total. The van der Waals surface area contributed by atoms with Crippen molar-refractivity contribution in [2.75, 3.05) is 16.2 Å². The van der Waals surface area contributed by atoms with E-state index < -0.39 is 28.3 Å². The van der Waals surface area contributed by atoms with Crippen LogP contribution in [0.5, 0.6) is 0 Å². The largest absolute Gasteiger partial charge is 0.324 e. The van der Waals surface area contributed by atoms with Gasteiger partial charge in [0.25, 0.3) is 10.0 Å². The molecule has 0 spiro atoms. The molecule has 3 aromatic rings. The van der Waals surface area contributed by atoms with Gasteiger partial charge in [-0.3, -0.25) is 9.10 Å². The van der Waals surface area contributed by atoms with Gasteiger partial charge in [0.15, 0.2) is 0 Å². The summed E-state index contributed by atoms with van der Waals surface area (Å²) in [6, 6.07) is 20.0. The van der Waals surface area contributed by atoms with E-state index in [2.05, 4.69) is 5.32 Å². The molecule has 0 aliphatic carbocycles. The zero-order valence-corrected chi connectivity index (χ0v) is 16.0. The van der Waals surface area contributed by atoms with Crippen molar-refractivity contribution in [1.29, 1.82) is 0 Å². The Kier molecular flexibility index (Phi) is 5.75. The van der Waals surface area contributed by atoms with Crippen LogP contribution in [-0.4, -0.2) is 20.9 Å². The number of carbonyl (C=O) groups excluding carboxylic acids is 1. The van der Waals surface area contributed by atoms with Crippen LogP contribution in [-0.2, 0) is 14.8 Å². The highest BCUT2D eigenvalue weighted by Gasteiger charge is 2.27. The molecule has 0 atom stereocenters. The fourth-order valence-electron chi connectivity index (χ4n) is 2.68. The van der Waals surface area contributed by atoms with E-state index in [4.69, 9.17) is 0 Å². The van der Waals surface area contributed by atoms with Crippen LogP contribution in [0.3, 0.4) is 0 Å². The number of hydrogen-bond acceptors (Lipinski definition) is 3. The van der Waals surface area contributed by atoms with Gasteiger partial charge in [0.1, 0.15) is 12.4 Å². The highest BCUT2D eigenvalue weighted by Crippen LogP contribution is 2.24. The average molecular weight is 398 g/mol. The molecular formula is C21H19FN2O3S. The summed E-state index contributed by atoms with van der Waals surface area (Å²) in [5, 5.41) is 2.74. The second-order valence-electron chi connectivity index (χ2n) is 6.16. The zero-order chi connectivity index (χ0) is 20.1. The number of aryl methyl sites for hydroxylation is 1. The van der Waals surface area contributed by atoms with Crippen LogP contribution in [0.15, 0.2) is 83.8 Å². The van der Waals surface area contributed by atoms with Gasteiger partial charge in [-0.1, -0.05) is 36.4 Å². The Morgan fingerprint density at radius 2 is 1.54 bits per heavy atom. The van der Waals surface area contributed by atoms with Crippen molar-refractivity contribution in [2.45, 2.75) is 11.8 Å². The van der Waals surface area contributed by atoms with Crippen LogP contribution in [0.25, 0.3) is 0 Å². The molecule has 0 aromatic heterocycles. The summed E-state index contributed by atoms with van der Waals surface area (Å²) in [7, 11) is -4.06. The van der Waals surface area contributed by atoms with Gasteiger partial charge in [0.05, 0.1) is 10.6 Å². The van der Waals surface area contributed by atoms with Crippen molar-refractivity contribution in [3.63, 3.8) is 0 Å². The number of amides is 1. The van der Waals surface area contributed by atoms with Crippen LogP contribution < -0.4 is 9.62 Å². The molecule has 144 valence electrons. The van der Waals surface area contributed by atoms with Gasteiger partial charge in [0.2, 0.25) is 5.91 Å². The molecule has 0 bridgehead atoms. The Balaban J connectivity index is 1.93. The number of anilines is 2. The highest BCUT2D eigenvalue weighted by atomic mass is 32.2. The van der Waals surface area contributed by atoms with Crippen LogP contribution in [0.2, 0.25) is 0 Å². The summed E-state index contributed by atoms with van der Waals surface area (Å²) >= 11 is 0. The van der Waals surface area contributed by atoms with Crippen LogP contribution in [0.1, 0.15) is 5.56 Å². The molecule has 1 amide bonds. The summed E-state index contributed by atoms with van der Waals surface area (Å²) in [5.41, 5.74) is 1.81. The predicted molar refractivity (Wildman–Crippen MR) is 107 cm³/mol. The van der Waals surface area contributed by atoms with Gasteiger partial charge in [-0.15, -0.1) is 0 Å². The number of hydrogen-bond donors (Lipinski definition) is 1. The van der Waals surface area contributed by atoms with Crippen molar-refractivity contribution in [3.05, 3.63) is 90.2 Å². The normalized spacial score (nSPS) is 11.1. The minimum atomic E-state index is -4.06. The van der Waals surface area contributed by atoms with E-state index in [1.54, 1.807) is 42.5 Å². The summed E-state index contributed by atoms with van der Waals surface area (Å²) < 4.78 is 40.5. The van der Waals surface area contributed by atoms with E-state index in [0.717, 1.165) is 22.0 Å². The van der Waals surface area contributed by atoms with Gasteiger partial charge >= 0.3 is 0 Å². The third-order valence-electron chi connectivity index (χ3n) is 4.15. The predicted octanol–water partition coefficient (Wildman–Crippen LogP) is 3.97. The van der Waals surface area contributed by atoms with Gasteiger partial charge in [-0.25, -0.2) is 12.8 Å². The van der Waals surface area contributed by atoms with E-state index in [-0.39, 0.29) is 4.90 Å². The first-order chi connectivity index (χ1) is 13.4. The van der Waals surface area contributed by atoms with Gasteiger partial charge < -0.3 is 5.32 Å². The molecule has 0 aliphatic heterocycles. The Morgan fingerprint density at radius 3 is 2.18 bits per heavy atom. The Hall–Kier alpha value is -3.19. The first-order valence-corrected chi connectivity index (χ1v) is 10.0. The molecule has 0 unspecified atom stereocenters. The van der Waals surface area contributed by atoms with Gasteiger partial charge in [-0.05, 0) is 55.0 Å². The maximum atomic E-state index is 13.2. The number of rotatable bonds is 6. The fraction of sp³-hybridized carbons (Fsp3) is 0.0952. The molecule has 0 fully saturated rings. The van der Waals surface area contributed by atoms with Gasteiger partial charge in [0, 0.05) is 5.69 Å². The molecule has 0 saturated heterocycles. The molecule has 0 aliphatic rings. The third kappa shape index (κ3) is 4.37. The Morgan fingerprint density at radius 1 is 0.929 bits per heavy atom. The molecule has 1 N–H and O–H groups in total. The topological polar surface area (TPSA) is 66.5 Å². The minimum absolute atomic E-state index is 0.0959. The molecule has 0 heterocycles. The SMILES string of the molecule is Cc1ccccc1NC(=O)CN(c1ccccc1)S(=O)(=O)c1ccc(F)cc1. The maximum Gasteiger partial charge on any atom is 0.264 e. The maximum absolute atomic E-state index is 13.2. The van der Waals surface area contributed by atoms with E-state index in [0.29, 0.717) is 11.4 Å². The lowest BCUT2D eigenvalue weighted by Crippen LogP contribution is -2.38. The molecule has 28 heavy (non-hydrogen) atoms. The van der Waals surface area contributed by atoms with Crippen LogP contribution >= 0.6 is 0 Å². The van der Waals surface area contributed by atoms with Gasteiger partial charge in [-0.2, -0.15) is 0 Å². The lowest BCUT2D eigenvalue weighted by atomic mass is 10.2. The monoisotopic (exact) mass is 398 g/mol. The highest BCUT2D eigenvalue weighted by molar-refractivity contribution is 7.92. The number of sulfonamides is 1. The van der Waals surface area contributed by atoms with Crippen LogP contribution in [0.4, 0.5) is 15.8 Å². The average Bonchev–Trinajstić information content (AvgIpc) is 2.69. The smallest absolute Gasteiger partial charge is 0.264 e. The summed E-state index contributed by atoms with van der Waals surface area (Å²) in [6.45, 7) is 1.43. The number of para-hydroxylation sites is 2. The minimum Gasteiger partial charge on any atom is -0.324 e. The number of benzene rings is 3. The number of nitrogens with zero attached hydrogens (tertiary/aromatic N) is 1. The summed E-state index contributed by atoms with van der Waals surface area (Å²) in [5.74, 6) is -1.02. The second-order valence-corrected chi connectivity index (χ2v) is 8.03. The van der Waals surface area contributed by atoms with E-state index >= 15 is 0 Å². The summed E-state index contributed by atoms with van der Waals surface area (Å²) in [4.78, 5) is 12.5. The van der Waals surface area contributed by atoms with Crippen molar-refractivity contribution >= 4 is 27.3 Å². The second kappa shape index (κ2) is 8.22. The number of halogens is 1. The lowest BCUT2D eigenvalue weighted by molar-refractivity contribution is -0.114. The van der Waals surface area contributed by atoms with Crippen molar-refractivity contribution in [1.82, 2.24) is 0 Å². The zero-order valence-electron chi connectivity index (χ0n) is 15.2. The van der Waals surface area contributed by atoms with E-state index in [1.165, 1.54) is 12.1 Å². The Labute approximate surface area is 163 Å². The fourth-order valence-corrected chi connectivity index (χ4v) is 4.10. The van der Waals surface area contributed by atoms with E-state index in [9.17, 15) is 17.6 Å². The third-order valence-corrected chi connectivity index (χ3v) is 5.94. The van der Waals surface area contributed by atoms with Crippen LogP contribution in [0, 0.1) is 12.7 Å². The van der Waals surface area contributed by atoms with E-state index in [1.807, 2.05) is 19.1 Å². The first-order valence-electron chi connectivity index (χ1n) is 8.57. The molecule has 7 heteroatoms. The molecule has 3 aromatic carbocycles. The standard InChI is InChI=1S/C21H19FN2O3S/c1-16-7-5-6-10-20(16)23-21(25)15-24(18-8-3-2-4-9-18)28(26,27)19-13-11-17(22)12-14-19/h2-14H,15H2,1H3,(H,23,25). The number of nitrogens with one attached hydrogen (secondary N) is 1. The quantitative estimate of drug-likeness (QED) is 0.683. The van der Waals surface area contributed by atoms with Crippen molar-refractivity contribution in [3.8, 4) is 0 Å². The number of carbonyl (C=O) groups is 1. The Bertz CT molecular complexity index is 1070. The lowest BCUT2D eigenvalue weighted by Gasteiger charge is -2.24. The van der Waals surface area contributed by atoms with Crippen molar-refractivity contribution in [2.24, 2.45) is 0 Å².